The van der Waals surface area contributed by atoms with E-state index >= 15 is 0 Å². The van der Waals surface area contributed by atoms with Crippen LogP contribution in [-0.4, -0.2) is 11.7 Å². The number of aliphatic hydroxyl groups is 1. The maximum absolute atomic E-state index is 8.73. The number of hydrogen-bond acceptors (Lipinski definition) is 1. The van der Waals surface area contributed by atoms with Crippen LogP contribution in [0.15, 0.2) is 0 Å². The van der Waals surface area contributed by atoms with Gasteiger partial charge in [0.1, 0.15) is 0 Å². The quantitative estimate of drug-likeness (QED) is 0.525. The van der Waals surface area contributed by atoms with E-state index in [0.29, 0.717) is 6.61 Å². The van der Waals surface area contributed by atoms with Crippen molar-refractivity contribution in [2.75, 3.05) is 6.61 Å². The third kappa shape index (κ3) is 8.55. The summed E-state index contributed by atoms with van der Waals surface area (Å²) in [5.74, 6) is 0.932. The summed E-state index contributed by atoms with van der Waals surface area (Å²) in [6.07, 6.45) is 11.8. The summed E-state index contributed by atoms with van der Waals surface area (Å²) in [4.78, 5) is 0. The molecule has 0 aliphatic rings. The molecule has 0 radical (unpaired) electrons. The van der Waals surface area contributed by atoms with Crippen LogP contribution in [0.2, 0.25) is 0 Å². The Morgan fingerprint density at radius 3 is 1.71 bits per heavy atom. The van der Waals surface area contributed by atoms with E-state index in [4.69, 9.17) is 5.11 Å². The number of rotatable bonds is 10. The van der Waals surface area contributed by atoms with Gasteiger partial charge < -0.3 is 5.11 Å². The minimum atomic E-state index is 0.369. The fourth-order valence-corrected chi connectivity index (χ4v) is 1.96. The minimum Gasteiger partial charge on any atom is -0.396 e. The van der Waals surface area contributed by atoms with Crippen molar-refractivity contribution in [3.8, 4) is 0 Å². The van der Waals surface area contributed by atoms with Crippen molar-refractivity contribution in [3.63, 3.8) is 0 Å². The second-order valence-electron chi connectivity index (χ2n) is 4.37. The van der Waals surface area contributed by atoms with E-state index in [1.165, 1.54) is 51.4 Å². The molecule has 1 nitrogen and oxygen atoms in total. The first-order chi connectivity index (χ1) is 6.85. The molecule has 0 fully saturated rings. The molecule has 0 aliphatic carbocycles. The largest absolute Gasteiger partial charge is 0.396 e. The van der Waals surface area contributed by atoms with Gasteiger partial charge >= 0.3 is 0 Å². The predicted octanol–water partition coefficient (Wildman–Crippen LogP) is 4.15. The Bertz CT molecular complexity index is 93.4. The summed E-state index contributed by atoms with van der Waals surface area (Å²) in [6.45, 7) is 4.91. The molecule has 0 bridgehead atoms. The molecule has 1 N–H and O–H groups in total. The molecule has 0 aromatic heterocycles. The second kappa shape index (κ2) is 11.0. The summed E-state index contributed by atoms with van der Waals surface area (Å²) in [7, 11) is 0. The van der Waals surface area contributed by atoms with Crippen molar-refractivity contribution in [2.45, 2.75) is 71.6 Å². The van der Waals surface area contributed by atoms with Crippen molar-refractivity contribution >= 4 is 0 Å². The van der Waals surface area contributed by atoms with Crippen LogP contribution in [0.25, 0.3) is 0 Å². The Hall–Kier alpha value is -0.0400. The highest BCUT2D eigenvalue weighted by Gasteiger charge is 2.06. The van der Waals surface area contributed by atoms with Gasteiger partial charge in [-0.3, -0.25) is 0 Å². The Kier molecular flexibility index (Phi) is 11.0. The molecular formula is C13H28O. The van der Waals surface area contributed by atoms with E-state index in [1.807, 2.05) is 0 Å². The molecule has 0 unspecified atom stereocenters. The normalized spacial score (nSPS) is 11.1. The monoisotopic (exact) mass is 200 g/mol. The average Bonchev–Trinajstić information content (AvgIpc) is 2.21. The number of hydrogen-bond donors (Lipinski definition) is 1. The van der Waals surface area contributed by atoms with Crippen LogP contribution >= 0.6 is 0 Å². The van der Waals surface area contributed by atoms with Crippen LogP contribution in [0.5, 0.6) is 0 Å². The lowest BCUT2D eigenvalue weighted by Crippen LogP contribution is -2.01. The molecule has 86 valence electrons. The van der Waals surface area contributed by atoms with Gasteiger partial charge in [-0.05, 0) is 12.3 Å². The fourth-order valence-electron chi connectivity index (χ4n) is 1.96. The molecule has 0 aromatic carbocycles. The molecule has 0 aliphatic heterocycles. The van der Waals surface area contributed by atoms with Gasteiger partial charge in [-0.15, -0.1) is 0 Å². The summed E-state index contributed by atoms with van der Waals surface area (Å²) in [5, 5.41) is 8.73. The standard InChI is InChI=1S/C13H28O/c1-3-5-9-13(10-6-4-2)11-7-8-12-14/h13-14H,3-12H2,1-2H3. The molecule has 0 rings (SSSR count). The summed E-state index contributed by atoms with van der Waals surface area (Å²) in [5.41, 5.74) is 0. The summed E-state index contributed by atoms with van der Waals surface area (Å²) < 4.78 is 0. The topological polar surface area (TPSA) is 20.2 Å². The highest BCUT2D eigenvalue weighted by molar-refractivity contribution is 4.60. The minimum absolute atomic E-state index is 0.369. The highest BCUT2D eigenvalue weighted by Crippen LogP contribution is 2.21. The average molecular weight is 200 g/mol. The van der Waals surface area contributed by atoms with Crippen LogP contribution in [0.3, 0.4) is 0 Å². The summed E-state index contributed by atoms with van der Waals surface area (Å²) in [6, 6.07) is 0. The van der Waals surface area contributed by atoms with Crippen LogP contribution in [0.4, 0.5) is 0 Å². The Morgan fingerprint density at radius 1 is 0.786 bits per heavy atom. The molecule has 0 amide bonds. The molecule has 0 heterocycles. The molecule has 0 aromatic rings. The van der Waals surface area contributed by atoms with Crippen LogP contribution in [-0.2, 0) is 0 Å². The van der Waals surface area contributed by atoms with E-state index in [9.17, 15) is 0 Å². The smallest absolute Gasteiger partial charge is 0.0431 e. The molecule has 14 heavy (non-hydrogen) atoms. The van der Waals surface area contributed by atoms with Crippen LogP contribution in [0.1, 0.15) is 71.6 Å². The second-order valence-corrected chi connectivity index (χ2v) is 4.37. The van der Waals surface area contributed by atoms with Gasteiger partial charge in [0.15, 0.2) is 0 Å². The maximum atomic E-state index is 8.73. The third-order valence-corrected chi connectivity index (χ3v) is 2.95. The lowest BCUT2D eigenvalue weighted by Gasteiger charge is -2.15. The van der Waals surface area contributed by atoms with Crippen LogP contribution < -0.4 is 0 Å². The Morgan fingerprint density at radius 2 is 1.29 bits per heavy atom. The Balaban J connectivity index is 3.49. The fraction of sp³-hybridized carbons (Fsp3) is 1.00. The molecule has 0 saturated carbocycles. The van der Waals surface area contributed by atoms with E-state index in [0.717, 1.165) is 12.3 Å². The van der Waals surface area contributed by atoms with Gasteiger partial charge in [-0.25, -0.2) is 0 Å². The molecule has 0 saturated heterocycles. The van der Waals surface area contributed by atoms with E-state index in [1.54, 1.807) is 0 Å². The third-order valence-electron chi connectivity index (χ3n) is 2.95. The SMILES string of the molecule is CCCCC(CCCC)CCCCO. The van der Waals surface area contributed by atoms with Crippen molar-refractivity contribution in [1.82, 2.24) is 0 Å². The van der Waals surface area contributed by atoms with Crippen molar-refractivity contribution in [2.24, 2.45) is 5.92 Å². The molecule has 0 atom stereocenters. The number of unbranched alkanes of at least 4 members (excludes halogenated alkanes) is 3. The molecule has 1 heteroatoms. The van der Waals surface area contributed by atoms with E-state index in [2.05, 4.69) is 13.8 Å². The first-order valence-corrected chi connectivity index (χ1v) is 6.46. The zero-order valence-corrected chi connectivity index (χ0v) is 10.1. The van der Waals surface area contributed by atoms with Gasteiger partial charge in [0, 0.05) is 6.61 Å². The molecule has 0 spiro atoms. The summed E-state index contributed by atoms with van der Waals surface area (Å²) >= 11 is 0. The zero-order valence-electron chi connectivity index (χ0n) is 10.1. The zero-order chi connectivity index (χ0) is 10.6. The van der Waals surface area contributed by atoms with Crippen molar-refractivity contribution in [3.05, 3.63) is 0 Å². The lowest BCUT2D eigenvalue weighted by molar-refractivity contribution is 0.273. The predicted molar refractivity (Wildman–Crippen MR) is 63.5 cm³/mol. The Labute approximate surface area is 89.9 Å². The van der Waals surface area contributed by atoms with E-state index in [-0.39, 0.29) is 0 Å². The van der Waals surface area contributed by atoms with Crippen molar-refractivity contribution in [1.29, 1.82) is 0 Å². The number of aliphatic hydroxyl groups excluding tert-OH is 1. The van der Waals surface area contributed by atoms with Gasteiger partial charge in [0.25, 0.3) is 0 Å². The van der Waals surface area contributed by atoms with Crippen molar-refractivity contribution < 1.29 is 5.11 Å². The van der Waals surface area contributed by atoms with Gasteiger partial charge in [-0.2, -0.15) is 0 Å². The van der Waals surface area contributed by atoms with E-state index < -0.39 is 0 Å². The lowest BCUT2D eigenvalue weighted by atomic mass is 9.91. The van der Waals surface area contributed by atoms with Gasteiger partial charge in [0.05, 0.1) is 0 Å². The maximum Gasteiger partial charge on any atom is 0.0431 e. The first-order valence-electron chi connectivity index (χ1n) is 6.46. The first kappa shape index (κ1) is 14.0. The van der Waals surface area contributed by atoms with Gasteiger partial charge in [0.2, 0.25) is 0 Å². The van der Waals surface area contributed by atoms with Gasteiger partial charge in [-0.1, -0.05) is 65.2 Å². The highest BCUT2D eigenvalue weighted by atomic mass is 16.2. The molecular weight excluding hydrogens is 172 g/mol. The van der Waals surface area contributed by atoms with Crippen LogP contribution in [0, 0.1) is 5.92 Å².